The Balaban J connectivity index is 2.89. The van der Waals surface area contributed by atoms with E-state index in [0.29, 0.717) is 5.92 Å². The Bertz CT molecular complexity index is 437. The van der Waals surface area contributed by atoms with Crippen LogP contribution < -0.4 is 0 Å². The molecule has 1 aromatic heterocycles. The molecule has 0 saturated heterocycles. The van der Waals surface area contributed by atoms with Gasteiger partial charge in [0.15, 0.2) is 0 Å². The van der Waals surface area contributed by atoms with Crippen LogP contribution in [-0.4, -0.2) is 28.9 Å². The molecule has 1 atom stereocenters. The summed E-state index contributed by atoms with van der Waals surface area (Å²) in [5.74, 6) is -0.385. The van der Waals surface area contributed by atoms with Crippen LogP contribution in [0.4, 0.5) is 4.39 Å². The summed E-state index contributed by atoms with van der Waals surface area (Å²) in [6, 6.07) is 1.19. The number of rotatable bonds is 4. The molecule has 1 aromatic rings. The number of carbonyl (C=O) groups excluding carboxylic acids is 1. The summed E-state index contributed by atoms with van der Waals surface area (Å²) in [6.07, 6.45) is 1.87. The molecule has 0 aromatic carbocycles. The zero-order valence-corrected chi connectivity index (χ0v) is 11.8. The lowest BCUT2D eigenvalue weighted by atomic mass is 10.0. The lowest BCUT2D eigenvalue weighted by Gasteiger charge is -2.26. The summed E-state index contributed by atoms with van der Waals surface area (Å²) >= 11 is 5.82. The largest absolute Gasteiger partial charge is 0.339 e. The molecule has 5 heteroatoms. The van der Waals surface area contributed by atoms with Gasteiger partial charge in [-0.1, -0.05) is 25.4 Å². The topological polar surface area (TPSA) is 33.2 Å². The molecule has 100 valence electrons. The number of pyridine rings is 1. The normalized spacial score (nSPS) is 12.6. The number of amides is 1. The molecular weight excluding hydrogens is 255 g/mol. The standard InChI is InChI=1S/C13H18ClFN2O/c1-8(2)5-9(3)17(4)13(18)11-6-10(15)7-16-12(11)14/h6-9H,5H2,1-4H3. The van der Waals surface area contributed by atoms with Gasteiger partial charge in [0.1, 0.15) is 11.0 Å². The smallest absolute Gasteiger partial charge is 0.257 e. The van der Waals surface area contributed by atoms with Crippen LogP contribution in [0.1, 0.15) is 37.6 Å². The fourth-order valence-electron chi connectivity index (χ4n) is 1.80. The number of nitrogens with zero attached hydrogens (tertiary/aromatic N) is 2. The van der Waals surface area contributed by atoms with Crippen molar-refractivity contribution in [3.8, 4) is 0 Å². The van der Waals surface area contributed by atoms with Crippen molar-refractivity contribution >= 4 is 17.5 Å². The molecule has 1 unspecified atom stereocenters. The molecule has 0 aliphatic rings. The van der Waals surface area contributed by atoms with Gasteiger partial charge in [0.05, 0.1) is 11.8 Å². The van der Waals surface area contributed by atoms with Crippen molar-refractivity contribution in [2.75, 3.05) is 7.05 Å². The van der Waals surface area contributed by atoms with E-state index < -0.39 is 5.82 Å². The molecule has 0 radical (unpaired) electrons. The minimum Gasteiger partial charge on any atom is -0.339 e. The van der Waals surface area contributed by atoms with Crippen molar-refractivity contribution in [2.24, 2.45) is 5.92 Å². The number of aromatic nitrogens is 1. The molecule has 18 heavy (non-hydrogen) atoms. The zero-order chi connectivity index (χ0) is 13.9. The first-order valence-corrected chi connectivity index (χ1v) is 6.29. The fraction of sp³-hybridized carbons (Fsp3) is 0.538. The van der Waals surface area contributed by atoms with Gasteiger partial charge < -0.3 is 4.90 Å². The third-order valence-electron chi connectivity index (χ3n) is 2.83. The van der Waals surface area contributed by atoms with Gasteiger partial charge in [-0.15, -0.1) is 0 Å². The Morgan fingerprint density at radius 1 is 1.50 bits per heavy atom. The molecule has 0 bridgehead atoms. The van der Waals surface area contributed by atoms with E-state index in [9.17, 15) is 9.18 Å². The van der Waals surface area contributed by atoms with Gasteiger partial charge in [0.25, 0.3) is 5.91 Å². The van der Waals surface area contributed by atoms with Crippen molar-refractivity contribution in [1.82, 2.24) is 9.88 Å². The molecule has 3 nitrogen and oxygen atoms in total. The van der Waals surface area contributed by atoms with E-state index in [1.54, 1.807) is 11.9 Å². The highest BCUT2D eigenvalue weighted by Gasteiger charge is 2.21. The summed E-state index contributed by atoms with van der Waals surface area (Å²) in [4.78, 5) is 17.4. The van der Waals surface area contributed by atoms with E-state index in [1.807, 2.05) is 6.92 Å². The Kier molecular flexibility index (Phi) is 5.08. The molecule has 0 aliphatic carbocycles. The molecule has 0 N–H and O–H groups in total. The van der Waals surface area contributed by atoms with E-state index in [1.165, 1.54) is 0 Å². The minimum absolute atomic E-state index is 0.0324. The van der Waals surface area contributed by atoms with Crippen molar-refractivity contribution in [3.63, 3.8) is 0 Å². The van der Waals surface area contributed by atoms with E-state index in [4.69, 9.17) is 11.6 Å². The number of halogens is 2. The molecule has 1 rings (SSSR count). The van der Waals surface area contributed by atoms with Gasteiger partial charge >= 0.3 is 0 Å². The maximum absolute atomic E-state index is 13.1. The first kappa shape index (κ1) is 14.9. The quantitative estimate of drug-likeness (QED) is 0.787. The second-order valence-electron chi connectivity index (χ2n) is 4.89. The summed E-state index contributed by atoms with van der Waals surface area (Å²) in [5, 5.41) is 0.0324. The Hall–Kier alpha value is -1.16. The van der Waals surface area contributed by atoms with Crippen molar-refractivity contribution in [2.45, 2.75) is 33.2 Å². The molecule has 0 spiro atoms. The van der Waals surface area contributed by atoms with Gasteiger partial charge in [0.2, 0.25) is 0 Å². The third-order valence-corrected chi connectivity index (χ3v) is 3.13. The molecule has 0 fully saturated rings. The highest BCUT2D eigenvalue weighted by Crippen LogP contribution is 2.18. The summed E-state index contributed by atoms with van der Waals surface area (Å²) in [6.45, 7) is 6.13. The molecular formula is C13H18ClFN2O. The number of carbonyl (C=O) groups is 1. The van der Waals surface area contributed by atoms with Gasteiger partial charge in [-0.05, 0) is 25.3 Å². The summed E-state index contributed by atoms with van der Waals surface area (Å²) in [5.41, 5.74) is 0.106. The highest BCUT2D eigenvalue weighted by atomic mass is 35.5. The van der Waals surface area contributed by atoms with Crippen molar-refractivity contribution in [3.05, 3.63) is 28.8 Å². The predicted octanol–water partition coefficient (Wildman–Crippen LogP) is 3.38. The number of hydrogen-bond donors (Lipinski definition) is 0. The van der Waals surface area contributed by atoms with Gasteiger partial charge in [-0.3, -0.25) is 4.79 Å². The molecule has 1 heterocycles. The van der Waals surface area contributed by atoms with E-state index >= 15 is 0 Å². The van der Waals surface area contributed by atoms with Gasteiger partial charge in [-0.2, -0.15) is 0 Å². The maximum Gasteiger partial charge on any atom is 0.257 e. The van der Waals surface area contributed by atoms with Crippen LogP contribution in [0.15, 0.2) is 12.3 Å². The second-order valence-corrected chi connectivity index (χ2v) is 5.24. The van der Waals surface area contributed by atoms with Crippen LogP contribution in [0.5, 0.6) is 0 Å². The van der Waals surface area contributed by atoms with Crippen LogP contribution in [0.25, 0.3) is 0 Å². The van der Waals surface area contributed by atoms with Crippen molar-refractivity contribution in [1.29, 1.82) is 0 Å². The fourth-order valence-corrected chi connectivity index (χ4v) is 1.99. The summed E-state index contributed by atoms with van der Waals surface area (Å²) in [7, 11) is 1.69. The Morgan fingerprint density at radius 2 is 2.11 bits per heavy atom. The SMILES string of the molecule is CC(C)CC(C)N(C)C(=O)c1cc(F)cnc1Cl. The third kappa shape index (κ3) is 3.67. The second kappa shape index (κ2) is 6.14. The van der Waals surface area contributed by atoms with Crippen LogP contribution in [-0.2, 0) is 0 Å². The molecule has 1 amide bonds. The summed E-state index contributed by atoms with van der Waals surface area (Å²) < 4.78 is 13.1. The molecule has 0 saturated carbocycles. The Labute approximate surface area is 112 Å². The Morgan fingerprint density at radius 3 is 2.67 bits per heavy atom. The van der Waals surface area contributed by atoms with Crippen LogP contribution in [0.3, 0.4) is 0 Å². The number of hydrogen-bond acceptors (Lipinski definition) is 2. The zero-order valence-electron chi connectivity index (χ0n) is 11.1. The monoisotopic (exact) mass is 272 g/mol. The first-order chi connectivity index (χ1) is 8.32. The average molecular weight is 273 g/mol. The van der Waals surface area contributed by atoms with Crippen LogP contribution in [0, 0.1) is 11.7 Å². The van der Waals surface area contributed by atoms with E-state index in [-0.39, 0.29) is 22.7 Å². The molecule has 0 aliphatic heterocycles. The van der Waals surface area contributed by atoms with Crippen LogP contribution >= 0.6 is 11.6 Å². The maximum atomic E-state index is 13.1. The van der Waals surface area contributed by atoms with E-state index in [2.05, 4.69) is 18.8 Å². The average Bonchev–Trinajstić information content (AvgIpc) is 2.29. The predicted molar refractivity (Wildman–Crippen MR) is 70.2 cm³/mol. The van der Waals surface area contributed by atoms with Gasteiger partial charge in [0, 0.05) is 13.1 Å². The lowest BCUT2D eigenvalue weighted by Crippen LogP contribution is -2.36. The minimum atomic E-state index is -0.562. The van der Waals surface area contributed by atoms with Crippen molar-refractivity contribution < 1.29 is 9.18 Å². The first-order valence-electron chi connectivity index (χ1n) is 5.91. The van der Waals surface area contributed by atoms with Gasteiger partial charge in [-0.25, -0.2) is 9.37 Å². The van der Waals surface area contributed by atoms with Crippen LogP contribution in [0.2, 0.25) is 5.15 Å². The highest BCUT2D eigenvalue weighted by molar-refractivity contribution is 6.32. The lowest BCUT2D eigenvalue weighted by molar-refractivity contribution is 0.0727. The van der Waals surface area contributed by atoms with E-state index in [0.717, 1.165) is 18.7 Å².